The van der Waals surface area contributed by atoms with Gasteiger partial charge >= 0.3 is 0 Å². The van der Waals surface area contributed by atoms with Gasteiger partial charge in [0.05, 0.1) is 30.5 Å². The third-order valence-electron chi connectivity index (χ3n) is 4.34. The molecule has 2 aliphatic rings. The smallest absolute Gasteiger partial charge is 0.128 e. The summed E-state index contributed by atoms with van der Waals surface area (Å²) in [5.74, 6) is 1.10. The summed E-state index contributed by atoms with van der Waals surface area (Å²) < 4.78 is 2.29. The Kier molecular flexibility index (Phi) is 3.25. The van der Waals surface area contributed by atoms with E-state index in [9.17, 15) is 0 Å². The molecule has 5 nitrogen and oxygen atoms in total. The Morgan fingerprint density at radius 2 is 2.00 bits per heavy atom. The molecule has 5 heteroatoms. The minimum Gasteiger partial charge on any atom is -0.378 e. The summed E-state index contributed by atoms with van der Waals surface area (Å²) in [6.45, 7) is 3.09. The van der Waals surface area contributed by atoms with E-state index in [0.29, 0.717) is 6.04 Å². The van der Waals surface area contributed by atoms with Crippen LogP contribution in [0.15, 0.2) is 30.9 Å². The van der Waals surface area contributed by atoms with Gasteiger partial charge in [-0.15, -0.1) is 0 Å². The minimum absolute atomic E-state index is 0.681. The number of nitrogens with one attached hydrogen (secondary N) is 1. The maximum atomic E-state index is 4.57. The minimum atomic E-state index is 0.681. The first-order valence-corrected chi connectivity index (χ1v) is 7.86. The van der Waals surface area contributed by atoms with Crippen molar-refractivity contribution in [2.24, 2.45) is 0 Å². The lowest BCUT2D eigenvalue weighted by Gasteiger charge is -2.16. The van der Waals surface area contributed by atoms with Crippen LogP contribution in [0.2, 0.25) is 0 Å². The molecule has 2 fully saturated rings. The van der Waals surface area contributed by atoms with E-state index in [0.717, 1.165) is 31.1 Å². The highest BCUT2D eigenvalue weighted by Gasteiger charge is 2.24. The molecule has 0 atom stereocenters. The van der Waals surface area contributed by atoms with Crippen LogP contribution in [0.1, 0.15) is 37.4 Å². The van der Waals surface area contributed by atoms with Crippen LogP contribution in [0.3, 0.4) is 0 Å². The monoisotopic (exact) mass is 283 g/mol. The third-order valence-corrected chi connectivity index (χ3v) is 4.34. The molecule has 1 aliphatic carbocycles. The van der Waals surface area contributed by atoms with Gasteiger partial charge in [-0.2, -0.15) is 0 Å². The van der Waals surface area contributed by atoms with E-state index >= 15 is 0 Å². The predicted molar refractivity (Wildman–Crippen MR) is 83.5 cm³/mol. The van der Waals surface area contributed by atoms with E-state index in [-0.39, 0.29) is 0 Å². The first kappa shape index (κ1) is 12.7. The van der Waals surface area contributed by atoms with Crippen molar-refractivity contribution in [2.45, 2.75) is 38.3 Å². The number of hydrogen-bond donors (Lipinski definition) is 1. The summed E-state index contributed by atoms with van der Waals surface area (Å²) in [7, 11) is 0. The average molecular weight is 283 g/mol. The molecule has 3 heterocycles. The first-order valence-electron chi connectivity index (χ1n) is 7.86. The molecule has 1 saturated heterocycles. The first-order chi connectivity index (χ1) is 10.4. The Morgan fingerprint density at radius 1 is 1.14 bits per heavy atom. The van der Waals surface area contributed by atoms with Gasteiger partial charge < -0.3 is 14.8 Å². The van der Waals surface area contributed by atoms with Gasteiger partial charge in [0.1, 0.15) is 5.82 Å². The molecule has 2 aromatic heterocycles. The molecular weight excluding hydrogens is 262 g/mol. The maximum absolute atomic E-state index is 4.57. The molecule has 0 unspecified atom stereocenters. The fraction of sp³-hybridized carbons (Fsp3) is 0.500. The van der Waals surface area contributed by atoms with Crippen LogP contribution in [0.25, 0.3) is 0 Å². The number of pyridine rings is 1. The summed E-state index contributed by atoms with van der Waals surface area (Å²) in [5, 5.41) is 3.45. The third kappa shape index (κ3) is 2.73. The van der Waals surface area contributed by atoms with Crippen LogP contribution in [0, 0.1) is 0 Å². The SMILES string of the molecule is c1cc(N2CCCC2)ncc1NCc1cncn1C1CC1. The van der Waals surface area contributed by atoms with Gasteiger partial charge in [-0.05, 0) is 37.8 Å². The molecule has 1 N–H and O–H groups in total. The van der Waals surface area contributed by atoms with Crippen molar-refractivity contribution < 1.29 is 0 Å². The largest absolute Gasteiger partial charge is 0.378 e. The molecule has 0 spiro atoms. The molecule has 21 heavy (non-hydrogen) atoms. The molecule has 1 saturated carbocycles. The summed E-state index contributed by atoms with van der Waals surface area (Å²) in [6, 6.07) is 4.92. The molecule has 2 aromatic rings. The van der Waals surface area contributed by atoms with Crippen LogP contribution in [0.5, 0.6) is 0 Å². The Bertz CT molecular complexity index is 593. The second-order valence-electron chi connectivity index (χ2n) is 5.98. The van der Waals surface area contributed by atoms with Gasteiger partial charge in [-0.3, -0.25) is 0 Å². The molecule has 0 amide bonds. The zero-order chi connectivity index (χ0) is 14.1. The molecule has 0 radical (unpaired) electrons. The number of rotatable bonds is 5. The van der Waals surface area contributed by atoms with Gasteiger partial charge in [0.2, 0.25) is 0 Å². The standard InChI is InChI=1S/C16H21N5/c1-2-8-20(7-1)16-6-3-13(9-19-16)18-11-15-10-17-12-21(15)14-4-5-14/h3,6,9-10,12,14,18H,1-2,4-5,7-8,11H2. The fourth-order valence-electron chi connectivity index (χ4n) is 2.97. The van der Waals surface area contributed by atoms with Crippen molar-refractivity contribution in [2.75, 3.05) is 23.3 Å². The second kappa shape index (κ2) is 5.39. The van der Waals surface area contributed by atoms with Gasteiger partial charge in [-0.25, -0.2) is 9.97 Å². The molecule has 0 aromatic carbocycles. The molecule has 4 rings (SSSR count). The number of aromatic nitrogens is 3. The average Bonchev–Trinajstić information content (AvgIpc) is 3.04. The van der Waals surface area contributed by atoms with E-state index in [1.54, 1.807) is 0 Å². The Balaban J connectivity index is 1.39. The van der Waals surface area contributed by atoms with E-state index < -0.39 is 0 Å². The highest BCUT2D eigenvalue weighted by molar-refractivity contribution is 5.49. The molecule has 0 bridgehead atoms. The van der Waals surface area contributed by atoms with Crippen molar-refractivity contribution in [1.29, 1.82) is 0 Å². The molecule has 1 aliphatic heterocycles. The van der Waals surface area contributed by atoms with Crippen molar-refractivity contribution in [3.63, 3.8) is 0 Å². The topological polar surface area (TPSA) is 46.0 Å². The lowest BCUT2D eigenvalue weighted by Crippen LogP contribution is -2.18. The van der Waals surface area contributed by atoms with Crippen LogP contribution in [-0.4, -0.2) is 27.6 Å². The normalized spacial score (nSPS) is 18.2. The summed E-state index contributed by atoms with van der Waals surface area (Å²) in [4.78, 5) is 11.2. The second-order valence-corrected chi connectivity index (χ2v) is 5.98. The number of nitrogens with zero attached hydrogens (tertiary/aromatic N) is 4. The maximum Gasteiger partial charge on any atom is 0.128 e. The van der Waals surface area contributed by atoms with Crippen molar-refractivity contribution >= 4 is 11.5 Å². The summed E-state index contributed by atoms with van der Waals surface area (Å²) >= 11 is 0. The van der Waals surface area contributed by atoms with Crippen LogP contribution >= 0.6 is 0 Å². The molecular formula is C16H21N5. The lowest BCUT2D eigenvalue weighted by molar-refractivity contribution is 0.701. The summed E-state index contributed by atoms with van der Waals surface area (Å²) in [6.07, 6.45) is 11.0. The highest BCUT2D eigenvalue weighted by Crippen LogP contribution is 2.35. The van der Waals surface area contributed by atoms with E-state index in [1.165, 1.54) is 31.4 Å². The zero-order valence-corrected chi connectivity index (χ0v) is 12.2. The van der Waals surface area contributed by atoms with E-state index in [2.05, 4.69) is 36.9 Å². The van der Waals surface area contributed by atoms with Crippen molar-refractivity contribution in [1.82, 2.24) is 14.5 Å². The number of imidazole rings is 1. The Hall–Kier alpha value is -2.04. The van der Waals surface area contributed by atoms with Crippen LogP contribution in [0.4, 0.5) is 11.5 Å². The quantitative estimate of drug-likeness (QED) is 0.916. The van der Waals surface area contributed by atoms with Crippen molar-refractivity contribution in [3.05, 3.63) is 36.5 Å². The van der Waals surface area contributed by atoms with Crippen molar-refractivity contribution in [3.8, 4) is 0 Å². The van der Waals surface area contributed by atoms with E-state index in [4.69, 9.17) is 0 Å². The lowest BCUT2D eigenvalue weighted by atomic mass is 10.3. The molecule has 110 valence electrons. The van der Waals surface area contributed by atoms with E-state index in [1.807, 2.05) is 18.7 Å². The fourth-order valence-corrected chi connectivity index (χ4v) is 2.97. The van der Waals surface area contributed by atoms with Gasteiger partial charge in [0.25, 0.3) is 0 Å². The summed E-state index contributed by atoms with van der Waals surface area (Å²) in [5.41, 5.74) is 2.32. The number of anilines is 2. The van der Waals surface area contributed by atoms with Gasteiger partial charge in [-0.1, -0.05) is 0 Å². The predicted octanol–water partition coefficient (Wildman–Crippen LogP) is 2.83. The highest BCUT2D eigenvalue weighted by atomic mass is 15.2. The Morgan fingerprint density at radius 3 is 2.71 bits per heavy atom. The van der Waals surface area contributed by atoms with Crippen LogP contribution < -0.4 is 10.2 Å². The van der Waals surface area contributed by atoms with Gasteiger partial charge in [0.15, 0.2) is 0 Å². The zero-order valence-electron chi connectivity index (χ0n) is 12.2. The Labute approximate surface area is 125 Å². The number of hydrogen-bond acceptors (Lipinski definition) is 4. The van der Waals surface area contributed by atoms with Crippen LogP contribution in [-0.2, 0) is 6.54 Å². The van der Waals surface area contributed by atoms with Gasteiger partial charge in [0, 0.05) is 25.3 Å².